The largest absolute Gasteiger partial charge is 0.455 e. The second kappa shape index (κ2) is 10.1. The zero-order chi connectivity index (χ0) is 22.5. The molecule has 164 valence electrons. The normalized spacial score (nSPS) is 15.8. The standard InChI is InChI=1S/C24H27BrN2O4/c1-4-16-7-6-8-17(5-2)23(16)27-13-18(12-22(27)29)24(30)31-14-21(28)26-19-9-10-20(25)15(3)11-19/h6-11,18H,4-5,12-14H2,1-3H3,(H,26,28)/t18-/m0/s1. The van der Waals surface area contributed by atoms with E-state index in [0.717, 1.165) is 39.7 Å². The minimum atomic E-state index is -0.579. The number of amides is 2. The number of para-hydroxylation sites is 1. The molecule has 7 heteroatoms. The number of carbonyl (C=O) groups is 3. The Morgan fingerprint density at radius 2 is 1.84 bits per heavy atom. The molecule has 0 aliphatic carbocycles. The van der Waals surface area contributed by atoms with Gasteiger partial charge in [0.15, 0.2) is 6.61 Å². The van der Waals surface area contributed by atoms with Gasteiger partial charge in [0, 0.05) is 28.8 Å². The van der Waals surface area contributed by atoms with Gasteiger partial charge in [-0.25, -0.2) is 0 Å². The molecule has 1 atom stereocenters. The predicted molar refractivity (Wildman–Crippen MR) is 124 cm³/mol. The summed E-state index contributed by atoms with van der Waals surface area (Å²) in [6, 6.07) is 11.5. The summed E-state index contributed by atoms with van der Waals surface area (Å²) in [5.74, 6) is -1.61. The van der Waals surface area contributed by atoms with Gasteiger partial charge in [-0.1, -0.05) is 48.0 Å². The first-order valence-electron chi connectivity index (χ1n) is 10.5. The van der Waals surface area contributed by atoms with E-state index in [1.807, 2.05) is 37.3 Å². The molecule has 0 bridgehead atoms. The third-order valence-corrected chi connectivity index (χ3v) is 6.37. The zero-order valence-electron chi connectivity index (χ0n) is 18.0. The summed E-state index contributed by atoms with van der Waals surface area (Å²) in [7, 11) is 0. The van der Waals surface area contributed by atoms with Crippen LogP contribution in [0.1, 0.15) is 37.0 Å². The zero-order valence-corrected chi connectivity index (χ0v) is 19.6. The van der Waals surface area contributed by atoms with E-state index in [4.69, 9.17) is 4.74 Å². The molecule has 0 unspecified atom stereocenters. The van der Waals surface area contributed by atoms with Crippen LogP contribution in [0.25, 0.3) is 0 Å². The highest BCUT2D eigenvalue weighted by Crippen LogP contribution is 2.32. The fourth-order valence-corrected chi connectivity index (χ4v) is 4.06. The Bertz CT molecular complexity index is 983. The van der Waals surface area contributed by atoms with E-state index < -0.39 is 17.8 Å². The number of carbonyl (C=O) groups excluding carboxylic acids is 3. The number of anilines is 2. The van der Waals surface area contributed by atoms with Crippen LogP contribution in [-0.4, -0.2) is 30.9 Å². The summed E-state index contributed by atoms with van der Waals surface area (Å²) < 4.78 is 6.17. The summed E-state index contributed by atoms with van der Waals surface area (Å²) in [5, 5.41) is 2.72. The Balaban J connectivity index is 1.61. The quantitative estimate of drug-likeness (QED) is 0.587. The smallest absolute Gasteiger partial charge is 0.311 e. The van der Waals surface area contributed by atoms with E-state index in [0.29, 0.717) is 5.69 Å². The lowest BCUT2D eigenvalue weighted by Crippen LogP contribution is -2.29. The molecule has 1 N–H and O–H groups in total. The molecule has 1 aliphatic heterocycles. The van der Waals surface area contributed by atoms with Crippen LogP contribution in [-0.2, 0) is 32.0 Å². The molecule has 3 rings (SSSR count). The van der Waals surface area contributed by atoms with Gasteiger partial charge < -0.3 is 15.0 Å². The van der Waals surface area contributed by atoms with Crippen LogP contribution in [0.5, 0.6) is 0 Å². The first-order valence-corrected chi connectivity index (χ1v) is 11.3. The second-order valence-corrected chi connectivity index (χ2v) is 8.51. The van der Waals surface area contributed by atoms with Crippen LogP contribution in [0.3, 0.4) is 0 Å². The summed E-state index contributed by atoms with van der Waals surface area (Å²) in [5.41, 5.74) is 4.71. The molecule has 1 fully saturated rings. The van der Waals surface area contributed by atoms with Gasteiger partial charge >= 0.3 is 5.97 Å². The van der Waals surface area contributed by atoms with Gasteiger partial charge in [0.2, 0.25) is 5.91 Å². The maximum atomic E-state index is 12.7. The van der Waals surface area contributed by atoms with Crippen molar-refractivity contribution in [3.05, 3.63) is 57.6 Å². The third kappa shape index (κ3) is 5.34. The van der Waals surface area contributed by atoms with Crippen molar-refractivity contribution in [1.82, 2.24) is 0 Å². The fraction of sp³-hybridized carbons (Fsp3) is 0.375. The summed E-state index contributed by atoms with van der Waals surface area (Å²) >= 11 is 3.41. The Morgan fingerprint density at radius 1 is 1.16 bits per heavy atom. The number of hydrogen-bond donors (Lipinski definition) is 1. The molecule has 0 spiro atoms. The first kappa shape index (κ1) is 23.0. The first-order chi connectivity index (χ1) is 14.8. The molecule has 1 aliphatic rings. The van der Waals surface area contributed by atoms with Crippen LogP contribution >= 0.6 is 15.9 Å². The number of aryl methyl sites for hydroxylation is 3. The fourth-order valence-electron chi connectivity index (χ4n) is 3.82. The number of hydrogen-bond acceptors (Lipinski definition) is 4. The summed E-state index contributed by atoms with van der Waals surface area (Å²) in [6.45, 7) is 5.91. The summed E-state index contributed by atoms with van der Waals surface area (Å²) in [6.07, 6.45) is 1.70. The molecule has 0 aromatic heterocycles. The van der Waals surface area contributed by atoms with Crippen molar-refractivity contribution < 1.29 is 19.1 Å². The third-order valence-electron chi connectivity index (χ3n) is 5.48. The number of nitrogens with one attached hydrogen (secondary N) is 1. The minimum Gasteiger partial charge on any atom is -0.455 e. The summed E-state index contributed by atoms with van der Waals surface area (Å²) in [4.78, 5) is 39.1. The second-order valence-electron chi connectivity index (χ2n) is 7.66. The van der Waals surface area contributed by atoms with Crippen molar-refractivity contribution in [2.24, 2.45) is 5.92 Å². The molecule has 2 amide bonds. The SMILES string of the molecule is CCc1cccc(CC)c1N1C[C@@H](C(=O)OCC(=O)Nc2ccc(Br)c(C)c2)CC1=O. The van der Waals surface area contributed by atoms with Crippen molar-refractivity contribution >= 4 is 45.1 Å². The van der Waals surface area contributed by atoms with Crippen LogP contribution < -0.4 is 10.2 Å². The van der Waals surface area contributed by atoms with E-state index in [1.165, 1.54) is 0 Å². The molecule has 6 nitrogen and oxygen atoms in total. The molecule has 0 radical (unpaired) electrons. The van der Waals surface area contributed by atoms with E-state index in [-0.39, 0.29) is 25.5 Å². The Kier molecular flexibility index (Phi) is 7.49. The highest BCUT2D eigenvalue weighted by molar-refractivity contribution is 9.10. The van der Waals surface area contributed by atoms with Crippen molar-refractivity contribution in [2.75, 3.05) is 23.4 Å². The molecular formula is C24H27BrN2O4. The highest BCUT2D eigenvalue weighted by atomic mass is 79.9. The van der Waals surface area contributed by atoms with Crippen LogP contribution in [0.4, 0.5) is 11.4 Å². The van der Waals surface area contributed by atoms with Crippen LogP contribution in [0.15, 0.2) is 40.9 Å². The molecule has 1 heterocycles. The maximum Gasteiger partial charge on any atom is 0.311 e. The molecule has 2 aromatic carbocycles. The van der Waals surface area contributed by atoms with E-state index in [1.54, 1.807) is 11.0 Å². The topological polar surface area (TPSA) is 75.7 Å². The molecule has 31 heavy (non-hydrogen) atoms. The monoisotopic (exact) mass is 486 g/mol. The molecule has 0 saturated carbocycles. The number of halogens is 1. The Hall–Kier alpha value is -2.67. The van der Waals surface area contributed by atoms with Gasteiger partial charge in [-0.05, 0) is 54.7 Å². The van der Waals surface area contributed by atoms with Gasteiger partial charge in [0.25, 0.3) is 5.91 Å². The van der Waals surface area contributed by atoms with Gasteiger partial charge in [-0.2, -0.15) is 0 Å². The number of benzene rings is 2. The minimum absolute atomic E-state index is 0.0904. The average Bonchev–Trinajstić information content (AvgIpc) is 3.15. The molecule has 2 aromatic rings. The lowest BCUT2D eigenvalue weighted by Gasteiger charge is -2.23. The molecule has 1 saturated heterocycles. The van der Waals surface area contributed by atoms with Crippen LogP contribution in [0.2, 0.25) is 0 Å². The van der Waals surface area contributed by atoms with E-state index in [9.17, 15) is 14.4 Å². The Labute approximate surface area is 191 Å². The number of ether oxygens (including phenoxy) is 1. The van der Waals surface area contributed by atoms with Crippen LogP contribution in [0, 0.1) is 12.8 Å². The predicted octanol–water partition coefficient (Wildman–Crippen LogP) is 4.42. The van der Waals surface area contributed by atoms with Gasteiger partial charge in [0.1, 0.15) is 0 Å². The highest BCUT2D eigenvalue weighted by Gasteiger charge is 2.37. The number of nitrogens with zero attached hydrogens (tertiary/aromatic N) is 1. The van der Waals surface area contributed by atoms with E-state index in [2.05, 4.69) is 35.1 Å². The average molecular weight is 487 g/mol. The van der Waals surface area contributed by atoms with Gasteiger partial charge in [-0.3, -0.25) is 14.4 Å². The number of rotatable bonds is 7. The van der Waals surface area contributed by atoms with Crippen molar-refractivity contribution in [3.63, 3.8) is 0 Å². The van der Waals surface area contributed by atoms with E-state index >= 15 is 0 Å². The molecular weight excluding hydrogens is 460 g/mol. The lowest BCUT2D eigenvalue weighted by atomic mass is 10.0. The Morgan fingerprint density at radius 3 is 2.45 bits per heavy atom. The lowest BCUT2D eigenvalue weighted by molar-refractivity contribution is -0.151. The van der Waals surface area contributed by atoms with Gasteiger partial charge in [0.05, 0.1) is 5.92 Å². The maximum absolute atomic E-state index is 12.7. The van der Waals surface area contributed by atoms with Crippen molar-refractivity contribution in [2.45, 2.75) is 40.0 Å². The van der Waals surface area contributed by atoms with Crippen molar-refractivity contribution in [3.8, 4) is 0 Å². The van der Waals surface area contributed by atoms with Crippen molar-refractivity contribution in [1.29, 1.82) is 0 Å². The van der Waals surface area contributed by atoms with Gasteiger partial charge in [-0.15, -0.1) is 0 Å². The number of esters is 1.